The molecule has 0 bridgehead atoms. The molecule has 1 aliphatic carbocycles. The molecule has 130 valence electrons. The second-order valence-corrected chi connectivity index (χ2v) is 7.72. The average Bonchev–Trinajstić information content (AvgIpc) is 3.21. The van der Waals surface area contributed by atoms with Gasteiger partial charge in [0.1, 0.15) is 0 Å². The Bertz CT molecular complexity index is 659. The Kier molecular flexibility index (Phi) is 4.91. The number of aromatic nitrogens is 3. The number of rotatable bonds is 7. The normalized spacial score (nSPS) is 19.9. The van der Waals surface area contributed by atoms with E-state index in [0.29, 0.717) is 18.6 Å². The highest BCUT2D eigenvalue weighted by Gasteiger charge is 2.29. The predicted octanol–water partition coefficient (Wildman–Crippen LogP) is 2.94. The molecule has 1 saturated heterocycles. The van der Waals surface area contributed by atoms with Crippen molar-refractivity contribution in [2.24, 2.45) is 0 Å². The minimum Gasteiger partial charge on any atom is -0.378 e. The van der Waals surface area contributed by atoms with E-state index < -0.39 is 0 Å². The van der Waals surface area contributed by atoms with E-state index >= 15 is 0 Å². The lowest BCUT2D eigenvalue weighted by atomic mass is 10.1. The molecule has 24 heavy (non-hydrogen) atoms. The van der Waals surface area contributed by atoms with E-state index in [9.17, 15) is 0 Å². The van der Waals surface area contributed by atoms with Crippen LogP contribution in [0.5, 0.6) is 0 Å². The van der Waals surface area contributed by atoms with Crippen LogP contribution >= 0.6 is 11.3 Å². The van der Waals surface area contributed by atoms with Gasteiger partial charge in [0.2, 0.25) is 5.89 Å². The van der Waals surface area contributed by atoms with Gasteiger partial charge in [0.15, 0.2) is 5.82 Å². The van der Waals surface area contributed by atoms with Crippen LogP contribution in [-0.4, -0.2) is 45.8 Å². The molecule has 2 fully saturated rings. The molecular weight excluding hydrogens is 324 g/mol. The van der Waals surface area contributed by atoms with Gasteiger partial charge in [0.05, 0.1) is 23.9 Å². The zero-order chi connectivity index (χ0) is 16.4. The van der Waals surface area contributed by atoms with Gasteiger partial charge >= 0.3 is 0 Å². The van der Waals surface area contributed by atoms with Crippen LogP contribution in [0.25, 0.3) is 0 Å². The first-order chi connectivity index (χ1) is 11.8. The van der Waals surface area contributed by atoms with Crippen LogP contribution in [0.1, 0.15) is 53.9 Å². The van der Waals surface area contributed by atoms with E-state index in [0.717, 1.165) is 50.6 Å². The lowest BCUT2D eigenvalue weighted by Gasteiger charge is -2.31. The molecule has 6 nitrogen and oxygen atoms in total. The fourth-order valence-electron chi connectivity index (χ4n) is 3.10. The molecule has 0 unspecified atom stereocenters. The third-order valence-electron chi connectivity index (χ3n) is 4.84. The highest BCUT2D eigenvalue weighted by atomic mass is 32.1. The SMILES string of the molecule is Cc1ncsc1CN1CCC(OCCc2noc(C3CC3)n2)CC1. The van der Waals surface area contributed by atoms with Crippen molar-refractivity contribution >= 4 is 11.3 Å². The van der Waals surface area contributed by atoms with Gasteiger partial charge in [-0.2, -0.15) is 4.98 Å². The van der Waals surface area contributed by atoms with Crippen LogP contribution in [0.4, 0.5) is 0 Å². The number of nitrogens with zero attached hydrogens (tertiary/aromatic N) is 4. The van der Waals surface area contributed by atoms with E-state index in [2.05, 4.69) is 26.9 Å². The van der Waals surface area contributed by atoms with Gasteiger partial charge in [-0.1, -0.05) is 5.16 Å². The Labute approximate surface area is 146 Å². The van der Waals surface area contributed by atoms with Crippen molar-refractivity contribution in [2.75, 3.05) is 19.7 Å². The fourth-order valence-corrected chi connectivity index (χ4v) is 3.92. The highest BCUT2D eigenvalue weighted by molar-refractivity contribution is 7.09. The van der Waals surface area contributed by atoms with Gasteiger partial charge in [-0.3, -0.25) is 4.90 Å². The molecule has 2 aliphatic rings. The van der Waals surface area contributed by atoms with E-state index in [-0.39, 0.29) is 0 Å². The quantitative estimate of drug-likeness (QED) is 0.766. The molecule has 0 amide bonds. The molecule has 1 saturated carbocycles. The first-order valence-electron chi connectivity index (χ1n) is 8.83. The number of ether oxygens (including phenoxy) is 1. The van der Waals surface area contributed by atoms with Crippen molar-refractivity contribution in [2.45, 2.75) is 57.6 Å². The Morgan fingerprint density at radius 2 is 2.12 bits per heavy atom. The van der Waals surface area contributed by atoms with E-state index in [1.807, 2.05) is 5.51 Å². The molecule has 0 atom stereocenters. The van der Waals surface area contributed by atoms with Crippen molar-refractivity contribution in [1.82, 2.24) is 20.0 Å². The molecule has 7 heteroatoms. The monoisotopic (exact) mass is 348 g/mol. The first kappa shape index (κ1) is 16.2. The summed E-state index contributed by atoms with van der Waals surface area (Å²) in [6.45, 7) is 5.98. The summed E-state index contributed by atoms with van der Waals surface area (Å²) < 4.78 is 11.3. The van der Waals surface area contributed by atoms with Gasteiger partial charge in [0, 0.05) is 36.9 Å². The van der Waals surface area contributed by atoms with Crippen LogP contribution in [0, 0.1) is 6.92 Å². The van der Waals surface area contributed by atoms with Gasteiger partial charge in [0.25, 0.3) is 0 Å². The number of thiazole rings is 1. The van der Waals surface area contributed by atoms with Gasteiger partial charge in [-0.15, -0.1) is 11.3 Å². The summed E-state index contributed by atoms with van der Waals surface area (Å²) in [5.74, 6) is 2.13. The van der Waals surface area contributed by atoms with E-state index in [1.165, 1.54) is 23.4 Å². The summed E-state index contributed by atoms with van der Waals surface area (Å²) in [7, 11) is 0. The standard InChI is InChI=1S/C17H24N4O2S/c1-12-15(24-11-18-12)10-21-7-4-14(5-8-21)22-9-6-16-19-17(23-20-16)13-2-3-13/h11,13-14H,2-10H2,1H3. The van der Waals surface area contributed by atoms with Crippen molar-refractivity contribution in [3.63, 3.8) is 0 Å². The largest absolute Gasteiger partial charge is 0.378 e. The smallest absolute Gasteiger partial charge is 0.229 e. The highest BCUT2D eigenvalue weighted by Crippen LogP contribution is 2.38. The molecule has 0 N–H and O–H groups in total. The molecule has 2 aromatic heterocycles. The minimum atomic E-state index is 0.360. The molecule has 0 spiro atoms. The maximum Gasteiger partial charge on any atom is 0.229 e. The van der Waals surface area contributed by atoms with Crippen molar-refractivity contribution in [3.05, 3.63) is 27.8 Å². The van der Waals surface area contributed by atoms with Crippen LogP contribution in [-0.2, 0) is 17.7 Å². The summed E-state index contributed by atoms with van der Waals surface area (Å²) in [4.78, 5) is 12.7. The van der Waals surface area contributed by atoms with Crippen LogP contribution in [0.3, 0.4) is 0 Å². The number of hydrogen-bond donors (Lipinski definition) is 0. The van der Waals surface area contributed by atoms with E-state index in [1.54, 1.807) is 11.3 Å². The lowest BCUT2D eigenvalue weighted by molar-refractivity contribution is 0.00692. The maximum atomic E-state index is 6.02. The molecule has 0 radical (unpaired) electrons. The second kappa shape index (κ2) is 7.29. The summed E-state index contributed by atoms with van der Waals surface area (Å²) >= 11 is 1.76. The fraction of sp³-hybridized carbons (Fsp3) is 0.706. The van der Waals surface area contributed by atoms with Crippen LogP contribution in [0.15, 0.2) is 10.0 Å². The van der Waals surface area contributed by atoms with Gasteiger partial charge in [-0.05, 0) is 32.6 Å². The average molecular weight is 348 g/mol. The summed E-state index contributed by atoms with van der Waals surface area (Å²) in [6, 6.07) is 0. The number of likely N-dealkylation sites (tertiary alicyclic amines) is 1. The zero-order valence-electron chi connectivity index (χ0n) is 14.1. The number of aryl methyl sites for hydroxylation is 1. The molecular formula is C17H24N4O2S. The van der Waals surface area contributed by atoms with Crippen LogP contribution < -0.4 is 0 Å². The van der Waals surface area contributed by atoms with Crippen molar-refractivity contribution < 1.29 is 9.26 Å². The Morgan fingerprint density at radius 1 is 1.29 bits per heavy atom. The second-order valence-electron chi connectivity index (χ2n) is 6.78. The summed E-state index contributed by atoms with van der Waals surface area (Å²) in [5.41, 5.74) is 3.11. The van der Waals surface area contributed by atoms with Gasteiger partial charge < -0.3 is 9.26 Å². The molecule has 2 aromatic rings. The first-order valence-corrected chi connectivity index (χ1v) is 9.71. The van der Waals surface area contributed by atoms with E-state index in [4.69, 9.17) is 9.26 Å². The Morgan fingerprint density at radius 3 is 2.83 bits per heavy atom. The van der Waals surface area contributed by atoms with Crippen molar-refractivity contribution in [1.29, 1.82) is 0 Å². The zero-order valence-corrected chi connectivity index (χ0v) is 14.9. The molecule has 3 heterocycles. The van der Waals surface area contributed by atoms with Gasteiger partial charge in [-0.25, -0.2) is 4.98 Å². The molecule has 4 rings (SSSR count). The summed E-state index contributed by atoms with van der Waals surface area (Å²) in [5, 5.41) is 4.04. The van der Waals surface area contributed by atoms with Crippen LogP contribution in [0.2, 0.25) is 0 Å². The number of piperidine rings is 1. The maximum absolute atomic E-state index is 6.02. The topological polar surface area (TPSA) is 64.3 Å². The summed E-state index contributed by atoms with van der Waals surface area (Å²) in [6.07, 6.45) is 5.68. The van der Waals surface area contributed by atoms with Crippen molar-refractivity contribution in [3.8, 4) is 0 Å². The molecule has 0 aromatic carbocycles. The Balaban J connectivity index is 1.16. The molecule has 1 aliphatic heterocycles. The lowest BCUT2D eigenvalue weighted by Crippen LogP contribution is -2.36. The number of hydrogen-bond acceptors (Lipinski definition) is 7. The predicted molar refractivity (Wildman–Crippen MR) is 91.1 cm³/mol. The third kappa shape index (κ3) is 4.02. The Hall–Kier alpha value is -1.31. The third-order valence-corrected chi connectivity index (χ3v) is 5.76. The minimum absolute atomic E-state index is 0.360.